The van der Waals surface area contributed by atoms with Crippen LogP contribution < -0.4 is 11.1 Å². The molecule has 74 valence electrons. The van der Waals surface area contributed by atoms with Crippen LogP contribution in [-0.4, -0.2) is 18.6 Å². The van der Waals surface area contributed by atoms with E-state index in [1.165, 1.54) is 12.8 Å². The molecule has 0 aromatic carbocycles. The van der Waals surface area contributed by atoms with E-state index in [1.54, 1.807) is 0 Å². The third-order valence-corrected chi connectivity index (χ3v) is 2.86. The molecular formula is C11H20N2. The fraction of sp³-hybridized carbons (Fsp3) is 0.818. The molecule has 0 aromatic rings. The SMILES string of the molecule is CC#CCCNC(C)(CN)C1CC1. The van der Waals surface area contributed by atoms with Crippen molar-refractivity contribution in [3.05, 3.63) is 0 Å². The van der Waals surface area contributed by atoms with Crippen LogP contribution >= 0.6 is 0 Å². The van der Waals surface area contributed by atoms with Gasteiger partial charge in [-0.1, -0.05) is 0 Å². The molecule has 0 radical (unpaired) electrons. The van der Waals surface area contributed by atoms with Crippen molar-refractivity contribution in [1.82, 2.24) is 5.32 Å². The quantitative estimate of drug-likeness (QED) is 0.491. The highest BCUT2D eigenvalue weighted by Gasteiger charge is 2.39. The lowest BCUT2D eigenvalue weighted by molar-refractivity contribution is 0.323. The molecule has 0 bridgehead atoms. The standard InChI is InChI=1S/C11H20N2/c1-3-4-5-8-13-11(2,9-12)10-6-7-10/h10,13H,5-9,12H2,1-2H3. The summed E-state index contributed by atoms with van der Waals surface area (Å²) in [5.74, 6) is 6.74. The Balaban J connectivity index is 2.25. The highest BCUT2D eigenvalue weighted by atomic mass is 15.0. The van der Waals surface area contributed by atoms with E-state index in [4.69, 9.17) is 5.73 Å². The Hall–Kier alpha value is -0.520. The van der Waals surface area contributed by atoms with Crippen LogP contribution in [0, 0.1) is 17.8 Å². The lowest BCUT2D eigenvalue weighted by Crippen LogP contribution is -2.50. The van der Waals surface area contributed by atoms with Gasteiger partial charge in [0.15, 0.2) is 0 Å². The highest BCUT2D eigenvalue weighted by molar-refractivity contribution is 5.00. The first-order valence-corrected chi connectivity index (χ1v) is 5.07. The van der Waals surface area contributed by atoms with E-state index in [0.29, 0.717) is 0 Å². The van der Waals surface area contributed by atoms with Gasteiger partial charge in [0.2, 0.25) is 0 Å². The number of hydrogen-bond donors (Lipinski definition) is 2. The van der Waals surface area contributed by atoms with E-state index in [0.717, 1.165) is 25.4 Å². The first-order valence-electron chi connectivity index (χ1n) is 5.07. The van der Waals surface area contributed by atoms with E-state index in [2.05, 4.69) is 24.1 Å². The van der Waals surface area contributed by atoms with E-state index >= 15 is 0 Å². The van der Waals surface area contributed by atoms with Gasteiger partial charge < -0.3 is 11.1 Å². The fourth-order valence-corrected chi connectivity index (χ4v) is 1.64. The molecule has 2 heteroatoms. The van der Waals surface area contributed by atoms with Crippen molar-refractivity contribution in [3.63, 3.8) is 0 Å². The van der Waals surface area contributed by atoms with E-state index in [-0.39, 0.29) is 5.54 Å². The van der Waals surface area contributed by atoms with Crippen molar-refractivity contribution < 1.29 is 0 Å². The maximum Gasteiger partial charge on any atom is 0.0304 e. The van der Waals surface area contributed by atoms with Gasteiger partial charge in [-0.2, -0.15) is 0 Å². The van der Waals surface area contributed by atoms with Gasteiger partial charge in [-0.25, -0.2) is 0 Å². The van der Waals surface area contributed by atoms with Gasteiger partial charge in [0.1, 0.15) is 0 Å². The summed E-state index contributed by atoms with van der Waals surface area (Å²) in [6.07, 6.45) is 3.60. The van der Waals surface area contributed by atoms with Crippen LogP contribution in [0.5, 0.6) is 0 Å². The monoisotopic (exact) mass is 180 g/mol. The summed E-state index contributed by atoms with van der Waals surface area (Å²) in [6, 6.07) is 0. The first-order chi connectivity index (χ1) is 6.23. The van der Waals surface area contributed by atoms with Crippen molar-refractivity contribution in [2.45, 2.75) is 38.6 Å². The molecule has 0 heterocycles. The second-order valence-electron chi connectivity index (χ2n) is 4.00. The number of hydrogen-bond acceptors (Lipinski definition) is 2. The van der Waals surface area contributed by atoms with E-state index < -0.39 is 0 Å². The fourth-order valence-electron chi connectivity index (χ4n) is 1.64. The summed E-state index contributed by atoms with van der Waals surface area (Å²) in [6.45, 7) is 5.80. The van der Waals surface area contributed by atoms with Crippen molar-refractivity contribution in [3.8, 4) is 11.8 Å². The molecule has 1 rings (SSSR count). The molecule has 0 aromatic heterocycles. The first kappa shape index (κ1) is 10.6. The zero-order valence-corrected chi connectivity index (χ0v) is 8.69. The molecule has 1 aliphatic carbocycles. The molecule has 1 saturated carbocycles. The van der Waals surface area contributed by atoms with Crippen molar-refractivity contribution in [2.75, 3.05) is 13.1 Å². The molecule has 0 spiro atoms. The summed E-state index contributed by atoms with van der Waals surface area (Å²) in [4.78, 5) is 0. The van der Waals surface area contributed by atoms with Crippen LogP contribution in [0.2, 0.25) is 0 Å². The van der Waals surface area contributed by atoms with Crippen LogP contribution in [0.1, 0.15) is 33.1 Å². The second kappa shape index (κ2) is 4.64. The van der Waals surface area contributed by atoms with Gasteiger partial charge in [-0.15, -0.1) is 11.8 Å². The Labute approximate surface area is 81.3 Å². The summed E-state index contributed by atoms with van der Waals surface area (Å²) in [5.41, 5.74) is 5.93. The maximum atomic E-state index is 5.76. The van der Waals surface area contributed by atoms with Crippen molar-refractivity contribution in [1.29, 1.82) is 0 Å². The minimum absolute atomic E-state index is 0.162. The average Bonchev–Trinajstić information content (AvgIpc) is 2.95. The molecule has 0 amide bonds. The molecule has 13 heavy (non-hydrogen) atoms. The Morgan fingerprint density at radius 1 is 1.54 bits per heavy atom. The minimum atomic E-state index is 0.162. The zero-order chi connectivity index (χ0) is 9.73. The Morgan fingerprint density at radius 2 is 2.23 bits per heavy atom. The summed E-state index contributed by atoms with van der Waals surface area (Å²) >= 11 is 0. The molecule has 0 aliphatic heterocycles. The summed E-state index contributed by atoms with van der Waals surface area (Å²) in [5, 5.41) is 3.52. The summed E-state index contributed by atoms with van der Waals surface area (Å²) < 4.78 is 0. The van der Waals surface area contributed by atoms with Gasteiger partial charge in [0.05, 0.1) is 0 Å². The number of nitrogens with two attached hydrogens (primary N) is 1. The molecule has 2 nitrogen and oxygen atoms in total. The molecule has 1 unspecified atom stereocenters. The Morgan fingerprint density at radius 3 is 2.69 bits per heavy atom. The number of nitrogens with one attached hydrogen (secondary N) is 1. The largest absolute Gasteiger partial charge is 0.329 e. The Kier molecular flexibility index (Phi) is 3.77. The molecular weight excluding hydrogens is 160 g/mol. The van der Waals surface area contributed by atoms with Gasteiger partial charge >= 0.3 is 0 Å². The smallest absolute Gasteiger partial charge is 0.0304 e. The topological polar surface area (TPSA) is 38.0 Å². The van der Waals surface area contributed by atoms with Gasteiger partial charge in [0, 0.05) is 25.0 Å². The zero-order valence-electron chi connectivity index (χ0n) is 8.69. The Bertz CT molecular complexity index is 210. The normalized spacial score (nSPS) is 20.2. The third kappa shape index (κ3) is 3.02. The highest BCUT2D eigenvalue weighted by Crippen LogP contribution is 2.38. The second-order valence-corrected chi connectivity index (χ2v) is 4.00. The molecule has 0 saturated heterocycles. The van der Waals surface area contributed by atoms with Crippen LogP contribution in [0.25, 0.3) is 0 Å². The van der Waals surface area contributed by atoms with E-state index in [9.17, 15) is 0 Å². The third-order valence-electron chi connectivity index (χ3n) is 2.86. The van der Waals surface area contributed by atoms with Crippen LogP contribution in [-0.2, 0) is 0 Å². The number of rotatable bonds is 5. The van der Waals surface area contributed by atoms with Crippen molar-refractivity contribution >= 4 is 0 Å². The molecule has 1 aliphatic rings. The maximum absolute atomic E-state index is 5.76. The van der Waals surface area contributed by atoms with E-state index in [1.807, 2.05) is 6.92 Å². The minimum Gasteiger partial charge on any atom is -0.329 e. The predicted molar refractivity (Wildman–Crippen MR) is 56.3 cm³/mol. The van der Waals surface area contributed by atoms with Gasteiger partial charge in [-0.05, 0) is 32.6 Å². The van der Waals surface area contributed by atoms with Gasteiger partial charge in [-0.3, -0.25) is 0 Å². The lowest BCUT2D eigenvalue weighted by Gasteiger charge is -2.29. The van der Waals surface area contributed by atoms with Crippen LogP contribution in [0.3, 0.4) is 0 Å². The average molecular weight is 180 g/mol. The van der Waals surface area contributed by atoms with Crippen molar-refractivity contribution in [2.24, 2.45) is 11.7 Å². The predicted octanol–water partition coefficient (Wildman–Crippen LogP) is 1.12. The molecule has 1 fully saturated rings. The van der Waals surface area contributed by atoms with Crippen LogP contribution in [0.4, 0.5) is 0 Å². The molecule has 3 N–H and O–H groups in total. The summed E-state index contributed by atoms with van der Waals surface area (Å²) in [7, 11) is 0. The molecule has 1 atom stereocenters. The lowest BCUT2D eigenvalue weighted by atomic mass is 9.96. The van der Waals surface area contributed by atoms with Gasteiger partial charge in [0.25, 0.3) is 0 Å². The van der Waals surface area contributed by atoms with Crippen LogP contribution in [0.15, 0.2) is 0 Å².